The Morgan fingerprint density at radius 3 is 0.655 bits per heavy atom. The first kappa shape index (κ1) is 47.7. The van der Waals surface area contributed by atoms with Crippen molar-refractivity contribution in [2.75, 3.05) is 38.2 Å². The molecule has 0 unspecified atom stereocenters. The maximum absolute atomic E-state index is 10.7. The summed E-state index contributed by atoms with van der Waals surface area (Å²) in [6, 6.07) is 0. The molecule has 0 amide bonds. The van der Waals surface area contributed by atoms with Crippen molar-refractivity contribution in [3.05, 3.63) is 0 Å². The molecule has 0 bridgehead atoms. The van der Waals surface area contributed by atoms with Crippen molar-refractivity contribution < 1.29 is 205 Å². The molecule has 29 heavy (non-hydrogen) atoms. The second-order valence-corrected chi connectivity index (χ2v) is 10.8. The average molecular weight is 543 g/mol. The summed E-state index contributed by atoms with van der Waals surface area (Å²) in [7, 11) is -21.2. The van der Waals surface area contributed by atoms with Crippen LogP contribution >= 0.6 is 30.4 Å². The first-order chi connectivity index (χ1) is 10.4. The van der Waals surface area contributed by atoms with Gasteiger partial charge in [0, 0.05) is 38.2 Å². The van der Waals surface area contributed by atoms with E-state index in [-0.39, 0.29) is 148 Å². The van der Waals surface area contributed by atoms with Crippen molar-refractivity contribution in [2.45, 2.75) is 0 Å². The van der Waals surface area contributed by atoms with Crippen LogP contribution in [-0.4, -0.2) is 48.0 Å². The van der Waals surface area contributed by atoms with Gasteiger partial charge in [0.2, 0.25) is 0 Å². The Morgan fingerprint density at radius 1 is 0.414 bits per heavy atom. The van der Waals surface area contributed by atoms with Gasteiger partial charge in [-0.1, -0.05) is 30.4 Å². The molecule has 146 valence electrons. The first-order valence-electron chi connectivity index (χ1n) is 5.85. The molecular formula is C6H12N2Na5O12P4-3. The van der Waals surface area contributed by atoms with Crippen LogP contribution < -0.4 is 187 Å². The van der Waals surface area contributed by atoms with Gasteiger partial charge in [-0.2, -0.15) is 0 Å². The zero-order valence-corrected chi connectivity index (χ0v) is 30.4. The van der Waals surface area contributed by atoms with Crippen LogP contribution in [0.1, 0.15) is 0 Å². The Hall–Kier alpha value is 5.52. The van der Waals surface area contributed by atoms with Crippen LogP contribution in [0.2, 0.25) is 0 Å². The van der Waals surface area contributed by atoms with E-state index in [1.807, 2.05) is 0 Å². The fraction of sp³-hybridized carbons (Fsp3) is 1.00. The van der Waals surface area contributed by atoms with Crippen molar-refractivity contribution >= 4 is 30.4 Å². The standard InChI is InChI=1S/C6H20N2O12P4.5Na/c9-21(10,11)3-7(4-22(12,13)14)1-2-8(5-23(15,16)17)6-24(18,19)20;;;;;/h1-6H2,(H2,9,10,11)(H2,12,13,14)(H2,15,16,17)(H2,18,19,20);;;;;/q;5*+1/p-8. The van der Waals surface area contributed by atoms with Crippen LogP contribution in [0.25, 0.3) is 0 Å². The van der Waals surface area contributed by atoms with Gasteiger partial charge in [-0.15, -0.1) is 0 Å². The number of hydrogen-bond donors (Lipinski definition) is 0. The minimum Gasteiger partial charge on any atom is -0.810 e. The molecule has 0 aromatic carbocycles. The summed E-state index contributed by atoms with van der Waals surface area (Å²) in [4.78, 5) is 85.9. The minimum absolute atomic E-state index is 0. The Morgan fingerprint density at radius 2 is 0.552 bits per heavy atom. The predicted molar refractivity (Wildman–Crippen MR) is 63.3 cm³/mol. The maximum Gasteiger partial charge on any atom is 1.00 e. The molecule has 0 atom stereocenters. The number of rotatable bonds is 11. The molecule has 0 N–H and O–H groups in total. The summed E-state index contributed by atoms with van der Waals surface area (Å²) in [6.07, 6.45) is -5.63. The van der Waals surface area contributed by atoms with Crippen LogP contribution in [-0.2, 0) is 18.3 Å². The predicted octanol–water partition coefficient (Wildman–Crippen LogP) is -21.9. The average Bonchev–Trinajstić information content (AvgIpc) is 2.16. The van der Waals surface area contributed by atoms with Crippen LogP contribution in [0.15, 0.2) is 0 Å². The van der Waals surface area contributed by atoms with E-state index in [1.54, 1.807) is 0 Å². The maximum atomic E-state index is 10.7. The zero-order valence-electron chi connectivity index (χ0n) is 16.8. The van der Waals surface area contributed by atoms with Crippen LogP contribution in [0.3, 0.4) is 0 Å². The molecule has 0 spiro atoms. The number of nitrogens with zero attached hydrogens (tertiary/aromatic N) is 2. The fourth-order valence-corrected chi connectivity index (χ4v) is 4.88. The molecule has 14 nitrogen and oxygen atoms in total. The van der Waals surface area contributed by atoms with Gasteiger partial charge < -0.3 is 57.4 Å². The van der Waals surface area contributed by atoms with Gasteiger partial charge in [-0.3, -0.25) is 9.80 Å². The smallest absolute Gasteiger partial charge is 0.810 e. The minimum atomic E-state index is -5.30. The van der Waals surface area contributed by atoms with Crippen molar-refractivity contribution in [2.24, 2.45) is 0 Å². The largest absolute Gasteiger partial charge is 1.00 e. The van der Waals surface area contributed by atoms with Gasteiger partial charge >= 0.3 is 148 Å². The summed E-state index contributed by atoms with van der Waals surface area (Å²) in [5, 5.41) is 0. The Bertz CT molecular complexity index is 506. The molecular weight excluding hydrogens is 531 g/mol. The normalized spacial score (nSPS) is 12.1. The second kappa shape index (κ2) is 20.6. The van der Waals surface area contributed by atoms with Gasteiger partial charge in [0.15, 0.2) is 0 Å². The van der Waals surface area contributed by atoms with Gasteiger partial charge in [-0.25, -0.2) is 0 Å². The van der Waals surface area contributed by atoms with E-state index in [2.05, 4.69) is 0 Å². The van der Waals surface area contributed by atoms with E-state index in [0.717, 1.165) is 0 Å². The third-order valence-corrected chi connectivity index (χ3v) is 5.21. The Labute approximate surface area is 278 Å². The Kier molecular flexibility index (Phi) is 33.8. The number of hydrogen-bond acceptors (Lipinski definition) is 14. The van der Waals surface area contributed by atoms with E-state index in [9.17, 15) is 57.4 Å². The van der Waals surface area contributed by atoms with E-state index < -0.39 is 68.6 Å². The summed E-state index contributed by atoms with van der Waals surface area (Å²) >= 11 is 0. The van der Waals surface area contributed by atoms with Crippen molar-refractivity contribution in [3.63, 3.8) is 0 Å². The van der Waals surface area contributed by atoms with Crippen LogP contribution in [0, 0.1) is 0 Å². The van der Waals surface area contributed by atoms with Crippen molar-refractivity contribution in [1.29, 1.82) is 0 Å². The van der Waals surface area contributed by atoms with Crippen molar-refractivity contribution in [3.8, 4) is 0 Å². The summed E-state index contributed by atoms with van der Waals surface area (Å²) in [6.45, 7) is -1.55. The first-order valence-corrected chi connectivity index (χ1v) is 12.8. The molecule has 0 rings (SSSR count). The molecule has 0 aliphatic carbocycles. The van der Waals surface area contributed by atoms with Crippen LogP contribution in [0.5, 0.6) is 0 Å². The molecule has 0 radical (unpaired) electrons. The molecule has 0 heterocycles. The molecule has 0 aliphatic heterocycles. The van der Waals surface area contributed by atoms with E-state index >= 15 is 0 Å². The second-order valence-electron chi connectivity index (χ2n) is 4.80. The van der Waals surface area contributed by atoms with E-state index in [0.29, 0.717) is 9.80 Å². The SMILES string of the molecule is O=P([O-])([O-])CN(CCN(CP(=O)([O-])[O-])CP(=O)([O-])[O-])CP(=O)([O-])[O-].[Na+].[Na+].[Na+].[Na+].[Na+]. The van der Waals surface area contributed by atoms with Gasteiger partial charge in [0.25, 0.3) is 0 Å². The Balaban J connectivity index is -0.000000264. The third kappa shape index (κ3) is 35.8. The molecule has 0 saturated heterocycles. The zero-order chi connectivity index (χ0) is 19.4. The van der Waals surface area contributed by atoms with E-state index in [4.69, 9.17) is 0 Å². The van der Waals surface area contributed by atoms with Gasteiger partial charge in [-0.05, 0) is 0 Å². The molecule has 0 aliphatic rings. The molecule has 23 heteroatoms. The summed E-state index contributed by atoms with van der Waals surface area (Å²) in [5.74, 6) is 0. The quantitative estimate of drug-likeness (QED) is 0.173. The monoisotopic (exact) mass is 543 g/mol. The third-order valence-electron chi connectivity index (χ3n) is 2.23. The molecule has 0 aromatic rings. The van der Waals surface area contributed by atoms with Crippen LogP contribution in [0.4, 0.5) is 0 Å². The van der Waals surface area contributed by atoms with Gasteiger partial charge in [0.1, 0.15) is 0 Å². The van der Waals surface area contributed by atoms with E-state index in [1.165, 1.54) is 0 Å². The summed E-state index contributed by atoms with van der Waals surface area (Å²) in [5.41, 5.74) is 0. The van der Waals surface area contributed by atoms with Crippen molar-refractivity contribution in [1.82, 2.24) is 9.80 Å². The molecule has 0 saturated carbocycles. The molecule has 0 aromatic heterocycles. The summed E-state index contributed by atoms with van der Waals surface area (Å²) < 4.78 is 42.7. The topological polar surface area (TPSA) is 259 Å². The fourth-order valence-electron chi connectivity index (χ4n) is 1.63. The molecule has 0 fully saturated rings. The van der Waals surface area contributed by atoms with Gasteiger partial charge in [0.05, 0.1) is 0 Å².